The highest BCUT2D eigenvalue weighted by molar-refractivity contribution is 7.90. The maximum Gasteiger partial charge on any atom is 0.514 e. The summed E-state index contributed by atoms with van der Waals surface area (Å²) in [7, 11) is -3.00. The first-order valence-electron chi connectivity index (χ1n) is 9.99. The van der Waals surface area contributed by atoms with E-state index < -0.39 is 22.1 Å². The lowest BCUT2D eigenvalue weighted by molar-refractivity contribution is 0.0951. The van der Waals surface area contributed by atoms with Crippen molar-refractivity contribution >= 4 is 28.0 Å². The molecule has 0 fully saturated rings. The predicted molar refractivity (Wildman–Crippen MR) is 121 cm³/mol. The fourth-order valence-electron chi connectivity index (χ4n) is 2.79. The minimum absolute atomic E-state index is 0.0495. The Hall–Kier alpha value is -4.25. The largest absolute Gasteiger partial charge is 0.514 e. The number of hydrogen-bond acceptors (Lipinski definition) is 8. The molecule has 0 radical (unpaired) electrons. The molecule has 3 aromatic rings. The summed E-state index contributed by atoms with van der Waals surface area (Å²) >= 11 is 0. The SMILES string of the molecule is COC(=O)Oc1ccc(C(=O)NS(=O)(=O)c2ccc(CCNC(=O)c3ccccc3)cc2)cn1. The smallest absolute Gasteiger partial charge is 0.437 e. The highest BCUT2D eigenvalue weighted by atomic mass is 32.2. The van der Waals surface area contributed by atoms with Crippen LogP contribution in [0.4, 0.5) is 4.79 Å². The van der Waals surface area contributed by atoms with Crippen molar-refractivity contribution in [1.82, 2.24) is 15.0 Å². The molecule has 11 heteroatoms. The lowest BCUT2D eigenvalue weighted by atomic mass is 10.1. The van der Waals surface area contributed by atoms with Crippen LogP contribution in [-0.2, 0) is 21.2 Å². The van der Waals surface area contributed by atoms with Gasteiger partial charge in [0.1, 0.15) is 0 Å². The average Bonchev–Trinajstić information content (AvgIpc) is 2.85. The minimum atomic E-state index is -4.13. The first-order valence-corrected chi connectivity index (χ1v) is 11.5. The standard InChI is InChI=1S/C23H21N3O7S/c1-32-23(29)33-20-12-9-18(15-25-20)22(28)26-34(30,31)19-10-7-16(8-11-19)13-14-24-21(27)17-5-3-2-4-6-17/h2-12,15H,13-14H2,1H3,(H,24,27)(H,26,28). The number of pyridine rings is 1. The highest BCUT2D eigenvalue weighted by Crippen LogP contribution is 2.13. The molecule has 0 unspecified atom stereocenters. The molecule has 3 rings (SSSR count). The first-order chi connectivity index (χ1) is 16.3. The number of nitrogens with one attached hydrogen (secondary N) is 2. The van der Waals surface area contributed by atoms with E-state index in [9.17, 15) is 22.8 Å². The molecule has 0 saturated heterocycles. The summed E-state index contributed by atoms with van der Waals surface area (Å²) in [5.41, 5.74) is 1.32. The van der Waals surface area contributed by atoms with Gasteiger partial charge in [-0.3, -0.25) is 9.59 Å². The van der Waals surface area contributed by atoms with Gasteiger partial charge in [0.05, 0.1) is 17.6 Å². The van der Waals surface area contributed by atoms with Crippen LogP contribution < -0.4 is 14.8 Å². The zero-order chi connectivity index (χ0) is 24.6. The van der Waals surface area contributed by atoms with Crippen molar-refractivity contribution in [2.75, 3.05) is 13.7 Å². The monoisotopic (exact) mass is 483 g/mol. The first kappa shape index (κ1) is 24.4. The Morgan fingerprint density at radius 1 is 0.882 bits per heavy atom. The van der Waals surface area contributed by atoms with Gasteiger partial charge in [-0.2, -0.15) is 0 Å². The molecule has 0 spiro atoms. The summed E-state index contributed by atoms with van der Waals surface area (Å²) in [5, 5.41) is 2.80. The van der Waals surface area contributed by atoms with E-state index in [0.717, 1.165) is 18.9 Å². The zero-order valence-electron chi connectivity index (χ0n) is 18.1. The number of ether oxygens (including phenoxy) is 2. The van der Waals surface area contributed by atoms with Gasteiger partial charge in [-0.15, -0.1) is 0 Å². The van der Waals surface area contributed by atoms with Crippen LogP contribution in [0.3, 0.4) is 0 Å². The van der Waals surface area contributed by atoms with Crippen LogP contribution in [-0.4, -0.2) is 45.0 Å². The Labute approximate surface area is 196 Å². The van der Waals surface area contributed by atoms with Crippen LogP contribution in [0.5, 0.6) is 5.88 Å². The Kier molecular flexibility index (Phi) is 7.93. The van der Waals surface area contributed by atoms with E-state index in [1.54, 1.807) is 36.4 Å². The Bertz CT molecular complexity index is 1260. The Morgan fingerprint density at radius 2 is 1.59 bits per heavy atom. The van der Waals surface area contributed by atoms with Gasteiger partial charge in [0, 0.05) is 24.4 Å². The van der Waals surface area contributed by atoms with Crippen molar-refractivity contribution in [3.05, 3.63) is 89.6 Å². The molecule has 0 saturated carbocycles. The van der Waals surface area contributed by atoms with Gasteiger partial charge in [-0.1, -0.05) is 30.3 Å². The van der Waals surface area contributed by atoms with Crippen molar-refractivity contribution in [2.24, 2.45) is 0 Å². The molecule has 0 aliphatic heterocycles. The average molecular weight is 484 g/mol. The van der Waals surface area contributed by atoms with Crippen molar-refractivity contribution in [3.8, 4) is 5.88 Å². The van der Waals surface area contributed by atoms with Gasteiger partial charge >= 0.3 is 6.16 Å². The van der Waals surface area contributed by atoms with Gasteiger partial charge in [-0.25, -0.2) is 22.9 Å². The molecule has 2 aromatic carbocycles. The molecule has 2 N–H and O–H groups in total. The lowest BCUT2D eigenvalue weighted by Gasteiger charge is -2.09. The molecule has 0 atom stereocenters. The van der Waals surface area contributed by atoms with Crippen LogP contribution in [0.15, 0.2) is 77.8 Å². The number of methoxy groups -OCH3 is 1. The van der Waals surface area contributed by atoms with Crippen molar-refractivity contribution in [2.45, 2.75) is 11.3 Å². The molecule has 34 heavy (non-hydrogen) atoms. The third kappa shape index (κ3) is 6.62. The second kappa shape index (κ2) is 11.1. The van der Waals surface area contributed by atoms with E-state index in [-0.39, 0.29) is 22.2 Å². The van der Waals surface area contributed by atoms with E-state index in [0.29, 0.717) is 18.5 Å². The molecule has 0 aliphatic carbocycles. The third-order valence-electron chi connectivity index (χ3n) is 4.55. The molecule has 1 aromatic heterocycles. The van der Waals surface area contributed by atoms with Crippen molar-refractivity contribution in [1.29, 1.82) is 0 Å². The van der Waals surface area contributed by atoms with Gasteiger partial charge < -0.3 is 14.8 Å². The lowest BCUT2D eigenvalue weighted by Crippen LogP contribution is -2.30. The van der Waals surface area contributed by atoms with Crippen LogP contribution in [0.2, 0.25) is 0 Å². The summed E-state index contributed by atoms with van der Waals surface area (Å²) in [4.78, 5) is 39.1. The molecule has 2 amide bonds. The van der Waals surface area contributed by atoms with Crippen molar-refractivity contribution < 1.29 is 32.3 Å². The number of rotatable bonds is 8. The molecule has 10 nitrogen and oxygen atoms in total. The van der Waals surface area contributed by atoms with E-state index in [1.807, 2.05) is 10.8 Å². The molecule has 1 heterocycles. The number of nitrogens with zero attached hydrogens (tertiary/aromatic N) is 1. The Morgan fingerprint density at radius 3 is 2.21 bits per heavy atom. The van der Waals surface area contributed by atoms with E-state index in [2.05, 4.69) is 15.0 Å². The fourth-order valence-corrected chi connectivity index (χ4v) is 3.76. The second-order valence-corrected chi connectivity index (χ2v) is 8.57. The van der Waals surface area contributed by atoms with Gasteiger partial charge in [0.15, 0.2) is 0 Å². The number of aromatic nitrogens is 1. The number of sulfonamides is 1. The van der Waals surface area contributed by atoms with Crippen LogP contribution in [0.25, 0.3) is 0 Å². The summed E-state index contributed by atoms with van der Waals surface area (Å²) in [5.74, 6) is -1.20. The molecule has 0 aliphatic rings. The predicted octanol–water partition coefficient (Wildman–Crippen LogP) is 2.32. The zero-order valence-corrected chi connectivity index (χ0v) is 18.9. The Balaban J connectivity index is 1.55. The van der Waals surface area contributed by atoms with E-state index >= 15 is 0 Å². The van der Waals surface area contributed by atoms with Crippen LogP contribution >= 0.6 is 0 Å². The minimum Gasteiger partial charge on any atom is -0.437 e. The number of benzene rings is 2. The van der Waals surface area contributed by atoms with Gasteiger partial charge in [0.25, 0.3) is 21.8 Å². The summed E-state index contributed by atoms with van der Waals surface area (Å²) in [6, 6.07) is 17.2. The fraction of sp³-hybridized carbons (Fsp3) is 0.130. The number of carbonyl (C=O) groups excluding carboxylic acids is 3. The number of amides is 2. The summed E-state index contributed by atoms with van der Waals surface area (Å²) in [6.45, 7) is 0.374. The summed E-state index contributed by atoms with van der Waals surface area (Å²) < 4.78 is 36.1. The van der Waals surface area contributed by atoms with E-state index in [1.165, 1.54) is 24.3 Å². The van der Waals surface area contributed by atoms with Gasteiger partial charge in [0.2, 0.25) is 5.88 Å². The maximum absolute atomic E-state index is 12.5. The molecule has 176 valence electrons. The van der Waals surface area contributed by atoms with Gasteiger partial charge in [-0.05, 0) is 42.3 Å². The summed E-state index contributed by atoms with van der Waals surface area (Å²) in [6.07, 6.45) is 0.585. The topological polar surface area (TPSA) is 141 Å². The normalized spacial score (nSPS) is 10.7. The highest BCUT2D eigenvalue weighted by Gasteiger charge is 2.19. The quantitative estimate of drug-likeness (QED) is 0.465. The van der Waals surface area contributed by atoms with Crippen LogP contribution in [0, 0.1) is 0 Å². The molecular weight excluding hydrogens is 462 g/mol. The number of hydrogen-bond donors (Lipinski definition) is 2. The second-order valence-electron chi connectivity index (χ2n) is 6.89. The van der Waals surface area contributed by atoms with E-state index in [4.69, 9.17) is 4.74 Å². The van der Waals surface area contributed by atoms with Crippen molar-refractivity contribution in [3.63, 3.8) is 0 Å². The number of carbonyl (C=O) groups is 3. The molecule has 0 bridgehead atoms. The third-order valence-corrected chi connectivity index (χ3v) is 5.90. The van der Waals surface area contributed by atoms with Crippen LogP contribution in [0.1, 0.15) is 26.3 Å². The maximum atomic E-state index is 12.5. The molecular formula is C23H21N3O7S.